The van der Waals surface area contributed by atoms with Crippen molar-refractivity contribution >= 4 is 23.6 Å². The van der Waals surface area contributed by atoms with Gasteiger partial charge in [0.05, 0.1) is 37.5 Å². The Balaban J connectivity index is 0.000000343. The summed E-state index contributed by atoms with van der Waals surface area (Å²) in [5.74, 6) is -1.86. The molecule has 3 rings (SSSR count). The Morgan fingerprint density at radius 1 is 0.766 bits per heavy atom. The van der Waals surface area contributed by atoms with E-state index in [1.807, 2.05) is 26.0 Å². The van der Waals surface area contributed by atoms with E-state index in [1.54, 1.807) is 59.1 Å². The number of hydrogen-bond acceptors (Lipinski definition) is 8. The van der Waals surface area contributed by atoms with Crippen molar-refractivity contribution in [3.8, 4) is 5.75 Å². The molecule has 0 saturated carbocycles. The highest BCUT2D eigenvalue weighted by Crippen LogP contribution is 2.32. The molecule has 1 unspecified atom stereocenters. The number of methoxy groups -OCH3 is 1. The maximum Gasteiger partial charge on any atom is 0.337 e. The molecule has 0 amide bonds. The van der Waals surface area contributed by atoms with Gasteiger partial charge in [-0.15, -0.1) is 0 Å². The SMILES string of the molecule is C=C(C(=O)OCC)C(OC(C)=O)c1ccc(C)c(F)c1.C=C(C(=O)OCC)[C@@H](Nc1cc(C)c(C)c(OC)c1)c1ccc(C)c(F)c1. The Bertz CT molecular complexity index is 1630. The Labute approximate surface area is 275 Å². The highest BCUT2D eigenvalue weighted by molar-refractivity contribution is 5.90. The van der Waals surface area contributed by atoms with Crippen molar-refractivity contribution in [1.82, 2.24) is 0 Å². The first kappa shape index (κ1) is 38.2. The van der Waals surface area contributed by atoms with Crippen LogP contribution in [0.5, 0.6) is 5.75 Å². The molecule has 8 nitrogen and oxygen atoms in total. The Hall–Kier alpha value is -4.99. The summed E-state index contributed by atoms with van der Waals surface area (Å²) in [5, 5.41) is 3.28. The van der Waals surface area contributed by atoms with Crippen LogP contribution in [0.2, 0.25) is 0 Å². The zero-order valence-corrected chi connectivity index (χ0v) is 28.2. The van der Waals surface area contributed by atoms with E-state index in [4.69, 9.17) is 18.9 Å². The van der Waals surface area contributed by atoms with Gasteiger partial charge in [0.25, 0.3) is 0 Å². The van der Waals surface area contributed by atoms with Gasteiger partial charge in [-0.3, -0.25) is 4.79 Å². The molecule has 0 heterocycles. The smallest absolute Gasteiger partial charge is 0.337 e. The maximum atomic E-state index is 14.1. The number of halogens is 2. The van der Waals surface area contributed by atoms with Crippen molar-refractivity contribution in [3.63, 3.8) is 0 Å². The van der Waals surface area contributed by atoms with Crippen molar-refractivity contribution in [1.29, 1.82) is 0 Å². The molecular formula is C37H43F2NO7. The van der Waals surface area contributed by atoms with Crippen LogP contribution in [0.3, 0.4) is 0 Å². The summed E-state index contributed by atoms with van der Waals surface area (Å²) in [6.45, 7) is 19.7. The minimum Gasteiger partial charge on any atom is -0.496 e. The number of anilines is 1. The van der Waals surface area contributed by atoms with Gasteiger partial charge in [0, 0.05) is 24.2 Å². The molecule has 0 aromatic heterocycles. The molecule has 0 saturated heterocycles. The van der Waals surface area contributed by atoms with Crippen LogP contribution < -0.4 is 10.1 Å². The van der Waals surface area contributed by atoms with Gasteiger partial charge in [-0.1, -0.05) is 37.4 Å². The second kappa shape index (κ2) is 17.6. The van der Waals surface area contributed by atoms with E-state index < -0.39 is 35.9 Å². The van der Waals surface area contributed by atoms with Crippen LogP contribution in [0.1, 0.15) is 66.3 Å². The zero-order valence-electron chi connectivity index (χ0n) is 28.2. The minimum atomic E-state index is -1.05. The number of aryl methyl sites for hydroxylation is 3. The largest absolute Gasteiger partial charge is 0.496 e. The van der Waals surface area contributed by atoms with Gasteiger partial charge < -0.3 is 24.3 Å². The van der Waals surface area contributed by atoms with Crippen LogP contribution in [-0.2, 0) is 28.6 Å². The van der Waals surface area contributed by atoms with E-state index in [9.17, 15) is 23.2 Å². The third kappa shape index (κ3) is 10.5. The van der Waals surface area contributed by atoms with Crippen LogP contribution in [0, 0.1) is 39.3 Å². The molecule has 0 aliphatic carbocycles. The molecule has 252 valence electrons. The minimum absolute atomic E-state index is 0.0506. The van der Waals surface area contributed by atoms with Gasteiger partial charge in [-0.05, 0) is 87.6 Å². The lowest BCUT2D eigenvalue weighted by molar-refractivity contribution is -0.148. The predicted molar refractivity (Wildman–Crippen MR) is 177 cm³/mol. The summed E-state index contributed by atoms with van der Waals surface area (Å²) >= 11 is 0. The Morgan fingerprint density at radius 3 is 1.77 bits per heavy atom. The number of hydrogen-bond donors (Lipinski definition) is 1. The highest BCUT2D eigenvalue weighted by Gasteiger charge is 2.26. The van der Waals surface area contributed by atoms with E-state index in [0.717, 1.165) is 22.6 Å². The van der Waals surface area contributed by atoms with E-state index in [2.05, 4.69) is 18.5 Å². The average Bonchev–Trinajstić information content (AvgIpc) is 3.02. The van der Waals surface area contributed by atoms with Crippen LogP contribution in [0.15, 0.2) is 72.8 Å². The lowest BCUT2D eigenvalue weighted by Gasteiger charge is -2.23. The van der Waals surface area contributed by atoms with Crippen LogP contribution in [-0.4, -0.2) is 38.2 Å². The van der Waals surface area contributed by atoms with Crippen molar-refractivity contribution in [2.24, 2.45) is 0 Å². The summed E-state index contributed by atoms with van der Waals surface area (Å²) in [7, 11) is 1.61. The molecule has 0 bridgehead atoms. The fourth-order valence-electron chi connectivity index (χ4n) is 4.40. The summed E-state index contributed by atoms with van der Waals surface area (Å²) < 4.78 is 48.1. The van der Waals surface area contributed by atoms with Gasteiger partial charge >= 0.3 is 17.9 Å². The lowest BCUT2D eigenvalue weighted by Crippen LogP contribution is -2.20. The fourth-order valence-corrected chi connectivity index (χ4v) is 4.40. The molecule has 47 heavy (non-hydrogen) atoms. The predicted octanol–water partition coefficient (Wildman–Crippen LogP) is 7.89. The van der Waals surface area contributed by atoms with Crippen LogP contribution in [0.25, 0.3) is 0 Å². The van der Waals surface area contributed by atoms with Gasteiger partial charge in [0.1, 0.15) is 17.4 Å². The number of benzene rings is 3. The molecular weight excluding hydrogens is 608 g/mol. The summed E-state index contributed by atoms with van der Waals surface area (Å²) in [5.41, 5.74) is 4.88. The van der Waals surface area contributed by atoms with Crippen molar-refractivity contribution in [3.05, 3.63) is 118 Å². The van der Waals surface area contributed by atoms with E-state index in [0.29, 0.717) is 22.3 Å². The van der Waals surface area contributed by atoms with Gasteiger partial charge in [-0.25, -0.2) is 18.4 Å². The second-order valence-electron chi connectivity index (χ2n) is 10.7. The van der Waals surface area contributed by atoms with Gasteiger partial charge in [0.2, 0.25) is 0 Å². The molecule has 0 spiro atoms. The van der Waals surface area contributed by atoms with Crippen LogP contribution >= 0.6 is 0 Å². The number of rotatable bonds is 12. The standard InChI is InChI=1S/C22H26FNO3.C15H17FO4/c1-7-27-22(25)16(5)21(17-9-8-13(2)19(23)11-17)24-18-10-14(3)15(4)20(12-18)26-6;1-5-19-15(18)10(3)14(20-11(4)17)12-7-6-9(2)13(16)8-12/h8-12,21,24H,5,7H2,1-4,6H3;6-8,14H,3,5H2,1-2,4H3/t21-;/m1./s1. The highest BCUT2D eigenvalue weighted by atomic mass is 19.1. The monoisotopic (exact) mass is 651 g/mol. The number of ether oxygens (including phenoxy) is 4. The number of nitrogens with one attached hydrogen (secondary N) is 1. The lowest BCUT2D eigenvalue weighted by atomic mass is 9.97. The zero-order chi connectivity index (χ0) is 35.4. The third-order valence-corrected chi connectivity index (χ3v) is 7.20. The molecule has 0 aliphatic heterocycles. The Kier molecular flexibility index (Phi) is 14.3. The first-order chi connectivity index (χ1) is 22.1. The van der Waals surface area contributed by atoms with Gasteiger partial charge in [-0.2, -0.15) is 0 Å². The molecule has 2 atom stereocenters. The normalized spacial score (nSPS) is 11.6. The summed E-state index contributed by atoms with van der Waals surface area (Å²) in [4.78, 5) is 35.1. The second-order valence-corrected chi connectivity index (χ2v) is 10.7. The Morgan fingerprint density at radius 2 is 1.28 bits per heavy atom. The van der Waals surface area contributed by atoms with Crippen LogP contribution in [0.4, 0.5) is 14.5 Å². The first-order valence-corrected chi connectivity index (χ1v) is 15.0. The van der Waals surface area contributed by atoms with Crippen molar-refractivity contribution in [2.45, 2.75) is 60.6 Å². The summed E-state index contributed by atoms with van der Waals surface area (Å²) in [6.07, 6.45) is -1.05. The molecule has 0 fully saturated rings. The molecule has 3 aromatic rings. The molecule has 0 aliphatic rings. The van der Waals surface area contributed by atoms with E-state index in [-0.39, 0.29) is 30.2 Å². The topological polar surface area (TPSA) is 100 Å². The summed E-state index contributed by atoms with van der Waals surface area (Å²) in [6, 6.07) is 12.4. The van der Waals surface area contributed by atoms with Gasteiger partial charge in [0.15, 0.2) is 6.10 Å². The number of esters is 3. The van der Waals surface area contributed by atoms with Crippen molar-refractivity contribution < 1.29 is 42.1 Å². The van der Waals surface area contributed by atoms with Crippen molar-refractivity contribution in [2.75, 3.05) is 25.6 Å². The molecule has 10 heteroatoms. The quantitative estimate of drug-likeness (QED) is 0.120. The molecule has 3 aromatic carbocycles. The third-order valence-electron chi connectivity index (χ3n) is 7.20. The molecule has 0 radical (unpaired) electrons. The average molecular weight is 652 g/mol. The molecule has 1 N–H and O–H groups in total. The first-order valence-electron chi connectivity index (χ1n) is 15.0. The fraction of sp³-hybridized carbons (Fsp3) is 0.324. The van der Waals surface area contributed by atoms with E-state index in [1.165, 1.54) is 19.1 Å². The number of carbonyl (C=O) groups excluding carboxylic acids is 3. The maximum absolute atomic E-state index is 14.1. The van der Waals surface area contributed by atoms with E-state index >= 15 is 0 Å². The number of carbonyl (C=O) groups is 3.